The lowest BCUT2D eigenvalue weighted by atomic mass is 9.71. The van der Waals surface area contributed by atoms with Crippen molar-refractivity contribution in [2.75, 3.05) is 5.32 Å². The maximum Gasteiger partial charge on any atom is 0.127 e. The quantitative estimate of drug-likeness (QED) is 0.284. The second-order valence-corrected chi connectivity index (χ2v) is 19.1. The number of phenolic OH excluding ortho intramolecular Hbond substituents is 1. The van der Waals surface area contributed by atoms with E-state index in [1.807, 2.05) is 0 Å². The van der Waals surface area contributed by atoms with Gasteiger partial charge in [0, 0.05) is 28.1 Å². The van der Waals surface area contributed by atoms with Gasteiger partial charge in [0.05, 0.1) is 0 Å². The molecule has 0 unspecified atom stereocenters. The van der Waals surface area contributed by atoms with Crippen molar-refractivity contribution in [2.45, 2.75) is 145 Å². The van der Waals surface area contributed by atoms with Gasteiger partial charge in [0.1, 0.15) is 5.75 Å². The van der Waals surface area contributed by atoms with Crippen LogP contribution in [0.25, 0.3) is 11.1 Å². The van der Waals surface area contributed by atoms with Crippen LogP contribution in [-0.2, 0) is 21.7 Å². The Kier molecular flexibility index (Phi) is 9.65. The third kappa shape index (κ3) is 8.92. The largest absolute Gasteiger partial charge is 0.507 e. The summed E-state index contributed by atoms with van der Waals surface area (Å²) in [6.07, 6.45) is 2.17. The third-order valence-corrected chi connectivity index (χ3v) is 8.77. The normalized spacial score (nSPS) is 13.7. The van der Waals surface area contributed by atoms with Gasteiger partial charge in [-0.05, 0) is 92.4 Å². The van der Waals surface area contributed by atoms with Gasteiger partial charge in [0.15, 0.2) is 0 Å². The topological polar surface area (TPSA) is 32.3 Å². The Hall–Kier alpha value is -2.74. The predicted octanol–water partition coefficient (Wildman–Crippen LogP) is 12.8. The first kappa shape index (κ1) is 35.7. The number of hydrogen-bond acceptors (Lipinski definition) is 2. The smallest absolute Gasteiger partial charge is 0.127 e. The van der Waals surface area contributed by atoms with Crippen molar-refractivity contribution in [1.29, 1.82) is 0 Å². The molecule has 0 bridgehead atoms. The summed E-state index contributed by atoms with van der Waals surface area (Å²) in [6, 6.07) is 20.2. The average molecular weight is 598 g/mol. The molecule has 0 saturated heterocycles. The Morgan fingerprint density at radius 1 is 0.500 bits per heavy atom. The SMILES string of the molecule is CC(C)(C)CC(C)(C)c1ccc(Nc2ccc(C(C)(C)CC(C)(C)C)cc2-c2cc(C(C)(C)C)cc(C(C)(C)C)c2O)cc1. The van der Waals surface area contributed by atoms with Crippen molar-refractivity contribution < 1.29 is 5.11 Å². The van der Waals surface area contributed by atoms with Crippen molar-refractivity contribution in [2.24, 2.45) is 10.8 Å². The van der Waals surface area contributed by atoms with Gasteiger partial charge in [-0.3, -0.25) is 0 Å². The highest BCUT2D eigenvalue weighted by atomic mass is 16.3. The van der Waals surface area contributed by atoms with Crippen LogP contribution in [0.15, 0.2) is 54.6 Å². The molecule has 0 atom stereocenters. The third-order valence-electron chi connectivity index (χ3n) is 8.77. The van der Waals surface area contributed by atoms with E-state index in [0.717, 1.165) is 40.9 Å². The zero-order valence-corrected chi connectivity index (χ0v) is 31.1. The second-order valence-electron chi connectivity index (χ2n) is 19.1. The highest BCUT2D eigenvalue weighted by Crippen LogP contribution is 2.47. The van der Waals surface area contributed by atoms with Crippen LogP contribution in [0.1, 0.15) is 146 Å². The molecule has 0 aliphatic rings. The van der Waals surface area contributed by atoms with Crippen LogP contribution < -0.4 is 5.32 Å². The molecule has 0 radical (unpaired) electrons. The monoisotopic (exact) mass is 597 g/mol. The van der Waals surface area contributed by atoms with Gasteiger partial charge >= 0.3 is 0 Å². The fraction of sp³-hybridized carbons (Fsp3) is 0.571. The van der Waals surface area contributed by atoms with E-state index in [-0.39, 0.29) is 32.5 Å². The van der Waals surface area contributed by atoms with Crippen LogP contribution in [0, 0.1) is 10.8 Å². The molecule has 2 N–H and O–H groups in total. The molecule has 242 valence electrons. The lowest BCUT2D eigenvalue weighted by Gasteiger charge is -2.34. The zero-order valence-electron chi connectivity index (χ0n) is 31.1. The van der Waals surface area contributed by atoms with Crippen LogP contribution in [0.3, 0.4) is 0 Å². The molecule has 3 aromatic rings. The van der Waals surface area contributed by atoms with E-state index < -0.39 is 0 Å². The molecule has 3 rings (SSSR count). The second kappa shape index (κ2) is 11.9. The maximum atomic E-state index is 11.9. The lowest BCUT2D eigenvalue weighted by Crippen LogP contribution is -2.25. The fourth-order valence-electron chi connectivity index (χ4n) is 7.16. The van der Waals surface area contributed by atoms with Crippen LogP contribution in [0.5, 0.6) is 5.75 Å². The van der Waals surface area contributed by atoms with Gasteiger partial charge in [-0.1, -0.05) is 135 Å². The fourth-order valence-corrected chi connectivity index (χ4v) is 7.16. The number of phenols is 1. The van der Waals surface area contributed by atoms with E-state index >= 15 is 0 Å². The van der Waals surface area contributed by atoms with Crippen LogP contribution >= 0.6 is 0 Å². The van der Waals surface area contributed by atoms with Crippen molar-refractivity contribution >= 4 is 11.4 Å². The molecule has 44 heavy (non-hydrogen) atoms. The zero-order chi connectivity index (χ0) is 33.7. The molecule has 0 aliphatic heterocycles. The van der Waals surface area contributed by atoms with Crippen molar-refractivity contribution in [3.8, 4) is 16.9 Å². The minimum atomic E-state index is -0.202. The number of aromatic hydroxyl groups is 1. The Labute approximate surface area is 271 Å². The van der Waals surface area contributed by atoms with Gasteiger partial charge in [0.25, 0.3) is 0 Å². The Morgan fingerprint density at radius 3 is 1.41 bits per heavy atom. The Morgan fingerprint density at radius 2 is 0.955 bits per heavy atom. The van der Waals surface area contributed by atoms with Crippen LogP contribution in [0.2, 0.25) is 0 Å². The van der Waals surface area contributed by atoms with Crippen LogP contribution in [0.4, 0.5) is 11.4 Å². The molecule has 0 spiro atoms. The molecule has 0 heterocycles. The Bertz CT molecular complexity index is 1440. The van der Waals surface area contributed by atoms with Gasteiger partial charge in [0.2, 0.25) is 0 Å². The highest BCUT2D eigenvalue weighted by molar-refractivity contribution is 5.86. The van der Waals surface area contributed by atoms with Crippen molar-refractivity contribution in [1.82, 2.24) is 0 Å². The van der Waals surface area contributed by atoms with E-state index in [4.69, 9.17) is 0 Å². The maximum absolute atomic E-state index is 11.9. The van der Waals surface area contributed by atoms with Gasteiger partial charge in [-0.2, -0.15) is 0 Å². The first-order valence-corrected chi connectivity index (χ1v) is 16.6. The number of anilines is 2. The first-order valence-electron chi connectivity index (χ1n) is 16.6. The summed E-state index contributed by atoms with van der Waals surface area (Å²) >= 11 is 0. The number of benzene rings is 3. The number of nitrogens with one attached hydrogen (secondary N) is 1. The molecular weight excluding hydrogens is 534 g/mol. The summed E-state index contributed by atoms with van der Waals surface area (Å²) in [5, 5.41) is 15.7. The molecule has 2 nitrogen and oxygen atoms in total. The van der Waals surface area contributed by atoms with E-state index in [1.165, 1.54) is 16.7 Å². The van der Waals surface area contributed by atoms with E-state index in [9.17, 15) is 5.11 Å². The standard InChI is InChI=1S/C42H63NO/c1-37(2,3)26-41(13,14)28-17-20-31(21-18-28)43-35-22-19-29(42(15,16)27-38(4,5)6)23-32(35)33-24-30(39(7,8)9)25-34(36(33)44)40(10,11)12/h17-25,43-44H,26-27H2,1-16H3. The van der Waals surface area contributed by atoms with E-state index in [1.54, 1.807) is 0 Å². The molecule has 0 amide bonds. The van der Waals surface area contributed by atoms with E-state index in [2.05, 4.69) is 171 Å². The number of hydrogen-bond donors (Lipinski definition) is 2. The molecular formula is C42H63NO. The molecule has 0 saturated carbocycles. The molecule has 3 aromatic carbocycles. The summed E-state index contributed by atoms with van der Waals surface area (Å²) in [5.74, 6) is 0.374. The molecule has 2 heteroatoms. The highest BCUT2D eigenvalue weighted by Gasteiger charge is 2.31. The minimum Gasteiger partial charge on any atom is -0.507 e. The summed E-state index contributed by atoms with van der Waals surface area (Å²) in [5.41, 5.74) is 9.06. The van der Waals surface area contributed by atoms with Crippen LogP contribution in [-0.4, -0.2) is 5.11 Å². The van der Waals surface area contributed by atoms with Crippen molar-refractivity contribution in [3.05, 3.63) is 76.9 Å². The molecule has 0 fully saturated rings. The Balaban J connectivity index is 2.23. The summed E-state index contributed by atoms with van der Waals surface area (Å²) < 4.78 is 0. The molecule has 0 aliphatic carbocycles. The van der Waals surface area contributed by atoms with E-state index in [0.29, 0.717) is 5.75 Å². The van der Waals surface area contributed by atoms with Gasteiger partial charge in [-0.25, -0.2) is 0 Å². The van der Waals surface area contributed by atoms with Gasteiger partial charge < -0.3 is 10.4 Å². The predicted molar refractivity (Wildman–Crippen MR) is 195 cm³/mol. The summed E-state index contributed by atoms with van der Waals surface area (Å²) in [4.78, 5) is 0. The lowest BCUT2D eigenvalue weighted by molar-refractivity contribution is 0.283. The average Bonchev–Trinajstić information content (AvgIpc) is 2.80. The van der Waals surface area contributed by atoms with Crippen molar-refractivity contribution in [3.63, 3.8) is 0 Å². The summed E-state index contributed by atoms with van der Waals surface area (Å²) in [7, 11) is 0. The van der Waals surface area contributed by atoms with Gasteiger partial charge in [-0.15, -0.1) is 0 Å². The molecule has 0 aromatic heterocycles. The first-order chi connectivity index (χ1) is 19.7. The summed E-state index contributed by atoms with van der Waals surface area (Å²) in [6.45, 7) is 36.5. The minimum absolute atomic E-state index is 0.0318. The number of rotatable bonds is 7.